The van der Waals surface area contributed by atoms with Gasteiger partial charge in [0.1, 0.15) is 0 Å². The number of piperidine rings is 1. The molecule has 8 heteroatoms. The van der Waals surface area contributed by atoms with Crippen molar-refractivity contribution < 1.29 is 18.0 Å². The van der Waals surface area contributed by atoms with Gasteiger partial charge in [-0.25, -0.2) is 9.97 Å². The van der Waals surface area contributed by atoms with Gasteiger partial charge in [0.2, 0.25) is 11.9 Å². The minimum Gasteiger partial charge on any atom is -0.345 e. The first kappa shape index (κ1) is 19.7. The number of amides is 1. The number of carbonyl (C=O) groups excluding carboxylic acids is 1. The van der Waals surface area contributed by atoms with Crippen LogP contribution in [0.1, 0.15) is 24.0 Å². The van der Waals surface area contributed by atoms with Crippen molar-refractivity contribution in [1.82, 2.24) is 15.3 Å². The molecule has 1 aliphatic heterocycles. The third-order valence-corrected chi connectivity index (χ3v) is 4.40. The molecule has 0 saturated carbocycles. The molecule has 146 valence electrons. The lowest BCUT2D eigenvalue weighted by Crippen LogP contribution is -2.43. The fourth-order valence-electron chi connectivity index (χ4n) is 3.02. The second-order valence-corrected chi connectivity index (χ2v) is 6.43. The summed E-state index contributed by atoms with van der Waals surface area (Å²) in [7, 11) is 0. The first-order valence-electron chi connectivity index (χ1n) is 8.89. The minimum atomic E-state index is -4.40. The number of alkyl halides is 3. The molecule has 1 amide bonds. The van der Waals surface area contributed by atoms with E-state index in [1.54, 1.807) is 18.5 Å². The van der Waals surface area contributed by atoms with E-state index in [4.69, 9.17) is 0 Å². The molecular formula is C20H19F3N4O. The fourth-order valence-corrected chi connectivity index (χ4v) is 3.02. The Hall–Kier alpha value is -3.08. The van der Waals surface area contributed by atoms with E-state index in [1.807, 2.05) is 4.90 Å². The number of aromatic nitrogens is 2. The third-order valence-electron chi connectivity index (χ3n) is 4.40. The summed E-state index contributed by atoms with van der Waals surface area (Å²) in [5.41, 5.74) is -0.483. The van der Waals surface area contributed by atoms with E-state index in [0.717, 1.165) is 31.5 Å². The van der Waals surface area contributed by atoms with Crippen LogP contribution in [0, 0.1) is 17.8 Å². The van der Waals surface area contributed by atoms with Crippen LogP contribution in [0.2, 0.25) is 0 Å². The summed E-state index contributed by atoms with van der Waals surface area (Å²) in [4.78, 5) is 22.8. The van der Waals surface area contributed by atoms with Gasteiger partial charge in [-0.2, -0.15) is 13.2 Å². The van der Waals surface area contributed by atoms with Crippen molar-refractivity contribution in [3.05, 3.63) is 53.9 Å². The average molecular weight is 388 g/mol. The van der Waals surface area contributed by atoms with E-state index in [-0.39, 0.29) is 23.9 Å². The van der Waals surface area contributed by atoms with Crippen LogP contribution < -0.4 is 10.2 Å². The number of nitrogens with one attached hydrogen (secondary N) is 1. The molecule has 1 atom stereocenters. The summed E-state index contributed by atoms with van der Waals surface area (Å²) < 4.78 is 38.1. The largest absolute Gasteiger partial charge is 0.416 e. The third kappa shape index (κ3) is 5.22. The maximum absolute atomic E-state index is 12.7. The topological polar surface area (TPSA) is 58.1 Å². The molecule has 1 aliphatic rings. The van der Waals surface area contributed by atoms with Crippen LogP contribution in [0.4, 0.5) is 19.1 Å². The van der Waals surface area contributed by atoms with Crippen LogP contribution in [0.3, 0.4) is 0 Å². The van der Waals surface area contributed by atoms with Gasteiger partial charge in [-0.15, -0.1) is 0 Å². The monoisotopic (exact) mass is 388 g/mol. The van der Waals surface area contributed by atoms with E-state index in [9.17, 15) is 18.0 Å². The Morgan fingerprint density at radius 3 is 2.79 bits per heavy atom. The molecule has 2 aromatic rings. The standard InChI is InChI=1S/C20H19F3N4O/c21-20(22,23)17-8-1-5-15(13-17)6-2-9-24-18(28)16-7-3-12-27(14-16)19-25-10-4-11-26-19/h1,4-5,8,10-11,13,16H,3,7,9,12,14H2,(H,24,28). The number of carbonyl (C=O) groups is 1. The summed E-state index contributed by atoms with van der Waals surface area (Å²) in [6.45, 7) is 1.40. The molecule has 1 unspecified atom stereocenters. The molecule has 2 heterocycles. The Morgan fingerprint density at radius 1 is 1.25 bits per heavy atom. The molecule has 1 aromatic heterocycles. The average Bonchev–Trinajstić information content (AvgIpc) is 2.71. The highest BCUT2D eigenvalue weighted by molar-refractivity contribution is 5.79. The van der Waals surface area contributed by atoms with Crippen molar-refractivity contribution in [2.75, 3.05) is 24.5 Å². The van der Waals surface area contributed by atoms with Crippen molar-refractivity contribution in [2.45, 2.75) is 19.0 Å². The first-order valence-corrected chi connectivity index (χ1v) is 8.89. The molecule has 28 heavy (non-hydrogen) atoms. The molecule has 1 fully saturated rings. The summed E-state index contributed by atoms with van der Waals surface area (Å²) in [5, 5.41) is 2.74. The van der Waals surface area contributed by atoms with Gasteiger partial charge in [-0.05, 0) is 37.1 Å². The van der Waals surface area contributed by atoms with Gasteiger partial charge in [0, 0.05) is 31.0 Å². The molecule has 5 nitrogen and oxygen atoms in total. The van der Waals surface area contributed by atoms with Crippen LogP contribution in [0.5, 0.6) is 0 Å². The highest BCUT2D eigenvalue weighted by Crippen LogP contribution is 2.29. The van der Waals surface area contributed by atoms with E-state index in [2.05, 4.69) is 27.1 Å². The second kappa shape index (κ2) is 8.74. The van der Waals surface area contributed by atoms with Crippen molar-refractivity contribution >= 4 is 11.9 Å². The predicted octanol–water partition coefficient (Wildman–Crippen LogP) is 2.88. The minimum absolute atomic E-state index is 0.0768. The van der Waals surface area contributed by atoms with Gasteiger partial charge in [0.05, 0.1) is 18.0 Å². The Kier molecular flexibility index (Phi) is 6.14. The SMILES string of the molecule is O=C(NCC#Cc1cccc(C(F)(F)F)c1)C1CCCN(c2ncccn2)C1. The highest BCUT2D eigenvalue weighted by atomic mass is 19.4. The molecule has 1 saturated heterocycles. The van der Waals surface area contributed by atoms with Gasteiger partial charge in [-0.3, -0.25) is 4.79 Å². The van der Waals surface area contributed by atoms with Gasteiger partial charge in [0.15, 0.2) is 0 Å². The number of hydrogen-bond acceptors (Lipinski definition) is 4. The van der Waals surface area contributed by atoms with Crippen LogP contribution in [0.15, 0.2) is 42.7 Å². The molecule has 0 bridgehead atoms. The van der Waals surface area contributed by atoms with E-state index in [1.165, 1.54) is 12.1 Å². The lowest BCUT2D eigenvalue weighted by Gasteiger charge is -2.31. The summed E-state index contributed by atoms with van der Waals surface area (Å²) in [6.07, 6.45) is 0.536. The Balaban J connectivity index is 1.53. The molecule has 1 N–H and O–H groups in total. The normalized spacial score (nSPS) is 16.8. The van der Waals surface area contributed by atoms with Gasteiger partial charge in [0.25, 0.3) is 0 Å². The van der Waals surface area contributed by atoms with Crippen LogP contribution in [0.25, 0.3) is 0 Å². The maximum Gasteiger partial charge on any atom is 0.416 e. The van der Waals surface area contributed by atoms with Crippen molar-refractivity contribution in [1.29, 1.82) is 0 Å². The zero-order chi connectivity index (χ0) is 20.0. The molecular weight excluding hydrogens is 369 g/mol. The number of hydrogen-bond donors (Lipinski definition) is 1. The second-order valence-electron chi connectivity index (χ2n) is 6.43. The zero-order valence-electron chi connectivity index (χ0n) is 15.0. The Bertz CT molecular complexity index is 874. The Morgan fingerprint density at radius 2 is 2.04 bits per heavy atom. The molecule has 0 spiro atoms. The summed E-state index contributed by atoms with van der Waals surface area (Å²) in [6, 6.07) is 6.54. The fraction of sp³-hybridized carbons (Fsp3) is 0.350. The van der Waals surface area contributed by atoms with Crippen LogP contribution in [-0.2, 0) is 11.0 Å². The van der Waals surface area contributed by atoms with Gasteiger partial charge >= 0.3 is 6.18 Å². The zero-order valence-corrected chi connectivity index (χ0v) is 15.0. The molecule has 0 radical (unpaired) electrons. The van der Waals surface area contributed by atoms with E-state index < -0.39 is 11.7 Å². The summed E-state index contributed by atoms with van der Waals surface area (Å²) >= 11 is 0. The van der Waals surface area contributed by atoms with Crippen LogP contribution >= 0.6 is 0 Å². The van der Waals surface area contributed by atoms with E-state index >= 15 is 0 Å². The Labute approximate surface area is 161 Å². The number of rotatable bonds is 3. The maximum atomic E-state index is 12.7. The number of benzene rings is 1. The number of anilines is 1. The first-order chi connectivity index (χ1) is 13.4. The lowest BCUT2D eigenvalue weighted by atomic mass is 9.97. The lowest BCUT2D eigenvalue weighted by molar-refractivity contribution is -0.137. The molecule has 3 rings (SSSR count). The number of halogens is 3. The number of nitrogens with zero attached hydrogens (tertiary/aromatic N) is 3. The highest BCUT2D eigenvalue weighted by Gasteiger charge is 2.30. The van der Waals surface area contributed by atoms with Crippen molar-refractivity contribution in [2.24, 2.45) is 5.92 Å². The van der Waals surface area contributed by atoms with Gasteiger partial charge in [-0.1, -0.05) is 17.9 Å². The van der Waals surface area contributed by atoms with Gasteiger partial charge < -0.3 is 10.2 Å². The van der Waals surface area contributed by atoms with Crippen LogP contribution in [-0.4, -0.2) is 35.5 Å². The van der Waals surface area contributed by atoms with Crippen molar-refractivity contribution in [3.63, 3.8) is 0 Å². The smallest absolute Gasteiger partial charge is 0.345 e. The molecule has 0 aliphatic carbocycles. The molecule has 1 aromatic carbocycles. The van der Waals surface area contributed by atoms with E-state index in [0.29, 0.717) is 12.5 Å². The summed E-state index contributed by atoms with van der Waals surface area (Å²) in [5.74, 6) is 5.63. The van der Waals surface area contributed by atoms with Crippen molar-refractivity contribution in [3.8, 4) is 11.8 Å². The quantitative estimate of drug-likeness (QED) is 0.822. The predicted molar refractivity (Wildman–Crippen MR) is 98.3 cm³/mol.